The number of hydrogen-bond donors (Lipinski definition) is 2. The van der Waals surface area contributed by atoms with Gasteiger partial charge in [0.05, 0.1) is 0 Å². The molecule has 21 heavy (non-hydrogen) atoms. The summed E-state index contributed by atoms with van der Waals surface area (Å²) < 4.78 is 5.33. The van der Waals surface area contributed by atoms with E-state index in [1.54, 1.807) is 0 Å². The Morgan fingerprint density at radius 3 is 2.52 bits per heavy atom. The van der Waals surface area contributed by atoms with Crippen LogP contribution >= 0.6 is 0 Å². The van der Waals surface area contributed by atoms with Crippen LogP contribution in [0.4, 0.5) is 4.79 Å². The van der Waals surface area contributed by atoms with Gasteiger partial charge in [-0.1, -0.05) is 30.3 Å². The number of carbonyl (C=O) groups excluding carboxylic acids is 1. The third kappa shape index (κ3) is 5.38. The van der Waals surface area contributed by atoms with E-state index in [9.17, 15) is 4.79 Å². The molecule has 1 amide bonds. The summed E-state index contributed by atoms with van der Waals surface area (Å²) in [6.45, 7) is 6.48. The van der Waals surface area contributed by atoms with Crippen LogP contribution in [0.3, 0.4) is 0 Å². The molecule has 1 fully saturated rings. The number of rotatable bonds is 4. The highest BCUT2D eigenvalue weighted by Gasteiger charge is 2.29. The molecule has 1 aliphatic carbocycles. The number of ether oxygens (including phenoxy) is 1. The molecule has 0 radical (unpaired) electrons. The Labute approximate surface area is 127 Å². The Morgan fingerprint density at radius 1 is 1.19 bits per heavy atom. The van der Waals surface area contributed by atoms with Crippen molar-refractivity contribution in [1.82, 2.24) is 10.6 Å². The lowest BCUT2D eigenvalue weighted by atomic mass is 10.1. The molecule has 0 aliphatic heterocycles. The molecule has 4 nitrogen and oxygen atoms in total. The monoisotopic (exact) mass is 290 g/mol. The molecule has 0 aromatic heterocycles. The maximum Gasteiger partial charge on any atom is 0.407 e. The van der Waals surface area contributed by atoms with Crippen LogP contribution in [-0.2, 0) is 11.3 Å². The Morgan fingerprint density at radius 2 is 1.86 bits per heavy atom. The Kier molecular flexibility index (Phi) is 5.23. The second kappa shape index (κ2) is 6.94. The molecule has 2 atom stereocenters. The second-order valence-electron chi connectivity index (χ2n) is 6.66. The molecule has 0 saturated heterocycles. The fourth-order valence-electron chi connectivity index (χ4n) is 2.68. The molecule has 0 bridgehead atoms. The van der Waals surface area contributed by atoms with Crippen molar-refractivity contribution in [3.8, 4) is 0 Å². The van der Waals surface area contributed by atoms with Crippen LogP contribution in [0.1, 0.15) is 45.6 Å². The van der Waals surface area contributed by atoms with E-state index in [0.717, 1.165) is 25.8 Å². The van der Waals surface area contributed by atoms with Crippen molar-refractivity contribution in [2.45, 2.75) is 64.3 Å². The minimum absolute atomic E-state index is 0.156. The average molecular weight is 290 g/mol. The summed E-state index contributed by atoms with van der Waals surface area (Å²) in [4.78, 5) is 11.9. The highest BCUT2D eigenvalue weighted by atomic mass is 16.6. The van der Waals surface area contributed by atoms with E-state index in [0.29, 0.717) is 6.04 Å². The van der Waals surface area contributed by atoms with Crippen molar-refractivity contribution < 1.29 is 9.53 Å². The maximum atomic E-state index is 11.9. The first-order valence-corrected chi connectivity index (χ1v) is 7.71. The van der Waals surface area contributed by atoms with Crippen LogP contribution in [0.5, 0.6) is 0 Å². The fraction of sp³-hybridized carbons (Fsp3) is 0.588. The molecule has 1 aliphatic rings. The van der Waals surface area contributed by atoms with E-state index in [4.69, 9.17) is 4.74 Å². The zero-order valence-corrected chi connectivity index (χ0v) is 13.2. The summed E-state index contributed by atoms with van der Waals surface area (Å²) in [5.74, 6) is 0. The van der Waals surface area contributed by atoms with Crippen LogP contribution in [0.25, 0.3) is 0 Å². The number of hydrogen-bond acceptors (Lipinski definition) is 3. The van der Waals surface area contributed by atoms with Crippen molar-refractivity contribution in [3.05, 3.63) is 35.9 Å². The predicted molar refractivity (Wildman–Crippen MR) is 84.1 cm³/mol. The maximum absolute atomic E-state index is 11.9. The van der Waals surface area contributed by atoms with Gasteiger partial charge in [-0.15, -0.1) is 0 Å². The van der Waals surface area contributed by atoms with E-state index >= 15 is 0 Å². The second-order valence-corrected chi connectivity index (χ2v) is 6.66. The molecule has 4 heteroatoms. The summed E-state index contributed by atoms with van der Waals surface area (Å²) in [6.07, 6.45) is 2.91. The van der Waals surface area contributed by atoms with E-state index in [1.165, 1.54) is 5.56 Å². The van der Waals surface area contributed by atoms with Gasteiger partial charge in [-0.25, -0.2) is 4.79 Å². The van der Waals surface area contributed by atoms with Crippen molar-refractivity contribution in [2.24, 2.45) is 0 Å². The third-order valence-electron chi connectivity index (χ3n) is 3.63. The topological polar surface area (TPSA) is 50.4 Å². The van der Waals surface area contributed by atoms with Crippen molar-refractivity contribution in [1.29, 1.82) is 0 Å². The molecule has 2 N–H and O–H groups in total. The molecule has 1 aromatic rings. The summed E-state index contributed by atoms with van der Waals surface area (Å²) in [5.41, 5.74) is 0.816. The van der Waals surface area contributed by atoms with Gasteiger partial charge in [0.1, 0.15) is 5.60 Å². The minimum Gasteiger partial charge on any atom is -0.444 e. The minimum atomic E-state index is -0.449. The van der Waals surface area contributed by atoms with E-state index in [2.05, 4.69) is 22.8 Å². The highest BCUT2D eigenvalue weighted by molar-refractivity contribution is 5.68. The van der Waals surface area contributed by atoms with Crippen LogP contribution in [0.15, 0.2) is 30.3 Å². The van der Waals surface area contributed by atoms with Gasteiger partial charge in [-0.2, -0.15) is 0 Å². The molecule has 0 spiro atoms. The zero-order valence-electron chi connectivity index (χ0n) is 13.2. The molecule has 0 heterocycles. The van der Waals surface area contributed by atoms with Gasteiger partial charge in [0, 0.05) is 18.6 Å². The lowest BCUT2D eigenvalue weighted by molar-refractivity contribution is 0.0498. The number of amides is 1. The van der Waals surface area contributed by atoms with Gasteiger partial charge >= 0.3 is 6.09 Å². The fourth-order valence-corrected chi connectivity index (χ4v) is 2.68. The van der Waals surface area contributed by atoms with Gasteiger partial charge in [0.2, 0.25) is 0 Å². The summed E-state index contributed by atoms with van der Waals surface area (Å²) in [7, 11) is 0. The lowest BCUT2D eigenvalue weighted by Gasteiger charge is -2.25. The molecular weight excluding hydrogens is 264 g/mol. The van der Waals surface area contributed by atoms with Gasteiger partial charge < -0.3 is 15.4 Å². The number of nitrogens with one attached hydrogen (secondary N) is 2. The van der Waals surface area contributed by atoms with E-state index in [1.807, 2.05) is 39.0 Å². The standard InChI is InChI=1S/C17H26N2O2/c1-17(2,3)21-16(20)19-15-11-7-10-14(15)18-12-13-8-5-4-6-9-13/h4-6,8-9,14-15,18H,7,10-12H2,1-3H3,(H,19,20). The predicted octanol–water partition coefficient (Wildman–Crippen LogP) is 3.22. The van der Waals surface area contributed by atoms with Gasteiger partial charge in [-0.05, 0) is 45.6 Å². The molecule has 2 unspecified atom stereocenters. The molecule has 116 valence electrons. The molecule has 1 aromatic carbocycles. The number of alkyl carbamates (subject to hydrolysis) is 1. The normalized spacial score (nSPS) is 22.0. The summed E-state index contributed by atoms with van der Waals surface area (Å²) >= 11 is 0. The van der Waals surface area contributed by atoms with Gasteiger partial charge in [0.15, 0.2) is 0 Å². The zero-order chi connectivity index (χ0) is 15.3. The van der Waals surface area contributed by atoms with Gasteiger partial charge in [0.25, 0.3) is 0 Å². The summed E-state index contributed by atoms with van der Waals surface area (Å²) in [5, 5.41) is 6.54. The highest BCUT2D eigenvalue weighted by Crippen LogP contribution is 2.20. The first-order chi connectivity index (χ1) is 9.94. The molecular formula is C17H26N2O2. The van der Waals surface area contributed by atoms with Crippen LogP contribution < -0.4 is 10.6 Å². The lowest BCUT2D eigenvalue weighted by Crippen LogP contribution is -2.47. The smallest absolute Gasteiger partial charge is 0.407 e. The first kappa shape index (κ1) is 15.8. The van der Waals surface area contributed by atoms with Crippen molar-refractivity contribution in [3.63, 3.8) is 0 Å². The molecule has 1 saturated carbocycles. The van der Waals surface area contributed by atoms with Crippen molar-refractivity contribution in [2.75, 3.05) is 0 Å². The molecule has 2 rings (SSSR count). The van der Waals surface area contributed by atoms with Crippen molar-refractivity contribution >= 4 is 6.09 Å². The van der Waals surface area contributed by atoms with Crippen LogP contribution in [0, 0.1) is 0 Å². The third-order valence-corrected chi connectivity index (χ3v) is 3.63. The quantitative estimate of drug-likeness (QED) is 0.895. The first-order valence-electron chi connectivity index (χ1n) is 7.71. The van der Waals surface area contributed by atoms with Crippen LogP contribution in [0.2, 0.25) is 0 Å². The largest absolute Gasteiger partial charge is 0.444 e. The number of carbonyl (C=O) groups is 1. The van der Waals surface area contributed by atoms with Gasteiger partial charge in [-0.3, -0.25) is 0 Å². The average Bonchev–Trinajstić information content (AvgIpc) is 2.82. The van der Waals surface area contributed by atoms with E-state index in [-0.39, 0.29) is 12.1 Å². The van der Waals surface area contributed by atoms with Crippen LogP contribution in [-0.4, -0.2) is 23.8 Å². The summed E-state index contributed by atoms with van der Waals surface area (Å²) in [6, 6.07) is 10.8. The number of benzene rings is 1. The Balaban J connectivity index is 1.81. The Hall–Kier alpha value is -1.55. The van der Waals surface area contributed by atoms with E-state index < -0.39 is 5.60 Å². The SMILES string of the molecule is CC(C)(C)OC(=O)NC1CCCC1NCc1ccccc1. The Bertz CT molecular complexity index is 454.